The molecule has 3 rings (SSSR count). The third kappa shape index (κ3) is 5.54. The molecule has 33 heavy (non-hydrogen) atoms. The van der Waals surface area contributed by atoms with Crippen LogP contribution in [0.4, 0.5) is 0 Å². The van der Waals surface area contributed by atoms with Crippen LogP contribution in [0.15, 0.2) is 54.1 Å². The van der Waals surface area contributed by atoms with Crippen molar-refractivity contribution in [2.24, 2.45) is 0 Å². The van der Waals surface area contributed by atoms with Crippen LogP contribution in [0.5, 0.6) is 11.5 Å². The lowest BCUT2D eigenvalue weighted by Gasteiger charge is -2.25. The molecule has 2 aromatic carbocycles. The fourth-order valence-electron chi connectivity index (χ4n) is 3.87. The van der Waals surface area contributed by atoms with Gasteiger partial charge in [-0.1, -0.05) is 31.9 Å². The number of hydrogen-bond donors (Lipinski definition) is 1. The second-order valence-corrected chi connectivity index (χ2v) is 7.84. The van der Waals surface area contributed by atoms with E-state index in [1.54, 1.807) is 31.4 Å². The molecule has 0 spiro atoms. The van der Waals surface area contributed by atoms with Crippen molar-refractivity contribution in [3.8, 4) is 11.5 Å². The van der Waals surface area contributed by atoms with E-state index in [1.165, 1.54) is 12.0 Å². The number of Topliss-reactive ketones (excluding diaryl/α,β-unsaturated/α-hetero) is 1. The molecule has 1 aliphatic heterocycles. The van der Waals surface area contributed by atoms with Gasteiger partial charge in [-0.3, -0.25) is 9.59 Å². The summed E-state index contributed by atoms with van der Waals surface area (Å²) in [5, 5.41) is 11.1. The predicted molar refractivity (Wildman–Crippen MR) is 125 cm³/mol. The Bertz CT molecular complexity index is 998. The minimum absolute atomic E-state index is 0.0457. The minimum Gasteiger partial charge on any atom is -0.507 e. The summed E-state index contributed by atoms with van der Waals surface area (Å²) in [6.45, 7) is 3.20. The van der Waals surface area contributed by atoms with E-state index in [0.29, 0.717) is 29.2 Å². The first kappa shape index (κ1) is 24.3. The first-order valence-corrected chi connectivity index (χ1v) is 11.2. The molecule has 1 amide bonds. The molecule has 0 aliphatic carbocycles. The van der Waals surface area contributed by atoms with Crippen molar-refractivity contribution in [3.05, 3.63) is 65.2 Å². The summed E-state index contributed by atoms with van der Waals surface area (Å²) in [4.78, 5) is 27.4. The van der Waals surface area contributed by atoms with Crippen LogP contribution in [-0.2, 0) is 14.3 Å². The average molecular weight is 454 g/mol. The van der Waals surface area contributed by atoms with E-state index in [2.05, 4.69) is 6.92 Å². The summed E-state index contributed by atoms with van der Waals surface area (Å²) in [5.74, 6) is -0.336. The van der Waals surface area contributed by atoms with Crippen LogP contribution < -0.4 is 9.47 Å². The van der Waals surface area contributed by atoms with Crippen molar-refractivity contribution in [2.75, 3.05) is 34.0 Å². The molecule has 0 radical (unpaired) electrons. The van der Waals surface area contributed by atoms with Gasteiger partial charge in [0.2, 0.25) is 0 Å². The number of nitrogens with zero attached hydrogens (tertiary/aromatic N) is 1. The Morgan fingerprint density at radius 1 is 1.00 bits per heavy atom. The molecule has 7 heteroatoms. The van der Waals surface area contributed by atoms with E-state index in [9.17, 15) is 14.7 Å². The number of hydrogen-bond acceptors (Lipinski definition) is 6. The third-order valence-electron chi connectivity index (χ3n) is 5.63. The van der Waals surface area contributed by atoms with Gasteiger partial charge >= 0.3 is 0 Å². The van der Waals surface area contributed by atoms with E-state index in [0.717, 1.165) is 19.3 Å². The lowest BCUT2D eigenvalue weighted by atomic mass is 9.95. The molecule has 0 aromatic heterocycles. The van der Waals surface area contributed by atoms with Gasteiger partial charge in [0.1, 0.15) is 17.3 Å². The van der Waals surface area contributed by atoms with Crippen LogP contribution >= 0.6 is 0 Å². The van der Waals surface area contributed by atoms with Gasteiger partial charge in [-0.25, -0.2) is 0 Å². The fraction of sp³-hybridized carbons (Fsp3) is 0.385. The van der Waals surface area contributed by atoms with E-state index in [-0.39, 0.29) is 24.5 Å². The number of aliphatic hydroxyl groups excluding tert-OH is 1. The van der Waals surface area contributed by atoms with Crippen LogP contribution in [0.2, 0.25) is 0 Å². The largest absolute Gasteiger partial charge is 0.507 e. The van der Waals surface area contributed by atoms with E-state index in [4.69, 9.17) is 14.2 Å². The number of likely N-dealkylation sites (tertiary alicyclic amines) is 1. The first-order valence-electron chi connectivity index (χ1n) is 11.2. The Kier molecular flexibility index (Phi) is 8.49. The maximum atomic E-state index is 13.0. The molecule has 1 saturated heterocycles. The summed E-state index contributed by atoms with van der Waals surface area (Å²) >= 11 is 0. The van der Waals surface area contributed by atoms with Crippen molar-refractivity contribution < 1.29 is 28.9 Å². The minimum atomic E-state index is -0.749. The van der Waals surface area contributed by atoms with Crippen molar-refractivity contribution >= 4 is 17.4 Å². The fourth-order valence-corrected chi connectivity index (χ4v) is 3.87. The first-order chi connectivity index (χ1) is 16.0. The Labute approximate surface area is 194 Å². The second-order valence-electron chi connectivity index (χ2n) is 7.84. The topological polar surface area (TPSA) is 85.3 Å². The van der Waals surface area contributed by atoms with E-state index in [1.807, 2.05) is 24.3 Å². The van der Waals surface area contributed by atoms with Gasteiger partial charge in [0, 0.05) is 19.2 Å². The molecule has 2 aromatic rings. The molecule has 1 fully saturated rings. The van der Waals surface area contributed by atoms with Crippen LogP contribution in [-0.4, -0.2) is 55.7 Å². The highest BCUT2D eigenvalue weighted by molar-refractivity contribution is 6.46. The van der Waals surface area contributed by atoms with Gasteiger partial charge in [0.15, 0.2) is 0 Å². The van der Waals surface area contributed by atoms with Crippen LogP contribution in [0, 0.1) is 0 Å². The summed E-state index contributed by atoms with van der Waals surface area (Å²) in [6, 6.07) is 13.3. The SMILES string of the molecule is CCCCCOc1cccc(C2/C(=C(\O)c3ccc(OC)cc3)C(=O)C(=O)N2CCOC)c1. The molecular weight excluding hydrogens is 422 g/mol. The Balaban J connectivity index is 2.02. The molecular formula is C26H31NO6. The number of methoxy groups -OCH3 is 2. The highest BCUT2D eigenvalue weighted by Crippen LogP contribution is 2.40. The third-order valence-corrected chi connectivity index (χ3v) is 5.63. The molecule has 1 unspecified atom stereocenters. The van der Waals surface area contributed by atoms with Gasteiger partial charge in [-0.2, -0.15) is 0 Å². The summed E-state index contributed by atoms with van der Waals surface area (Å²) < 4.78 is 16.2. The molecule has 176 valence electrons. The lowest BCUT2D eigenvalue weighted by Crippen LogP contribution is -2.32. The number of rotatable bonds is 11. The summed E-state index contributed by atoms with van der Waals surface area (Å²) in [7, 11) is 3.08. The van der Waals surface area contributed by atoms with Gasteiger partial charge in [-0.05, 0) is 48.4 Å². The molecule has 1 heterocycles. The highest BCUT2D eigenvalue weighted by atomic mass is 16.5. The zero-order valence-electron chi connectivity index (χ0n) is 19.4. The van der Waals surface area contributed by atoms with Crippen molar-refractivity contribution in [1.29, 1.82) is 0 Å². The Morgan fingerprint density at radius 2 is 1.76 bits per heavy atom. The summed E-state index contributed by atoms with van der Waals surface area (Å²) in [6.07, 6.45) is 3.13. The Hall–Kier alpha value is -3.32. The molecule has 1 atom stereocenters. The van der Waals surface area contributed by atoms with Crippen molar-refractivity contribution in [3.63, 3.8) is 0 Å². The smallest absolute Gasteiger partial charge is 0.295 e. The number of amides is 1. The average Bonchev–Trinajstić information content (AvgIpc) is 3.10. The number of aliphatic hydroxyl groups is 1. The predicted octanol–water partition coefficient (Wildman–Crippen LogP) is 4.33. The van der Waals surface area contributed by atoms with Gasteiger partial charge in [0.25, 0.3) is 11.7 Å². The molecule has 0 bridgehead atoms. The van der Waals surface area contributed by atoms with Crippen molar-refractivity contribution in [2.45, 2.75) is 32.2 Å². The zero-order valence-corrected chi connectivity index (χ0v) is 19.4. The maximum absolute atomic E-state index is 13.0. The number of ether oxygens (including phenoxy) is 3. The molecule has 1 N–H and O–H groups in total. The number of ketones is 1. The molecule has 1 aliphatic rings. The summed E-state index contributed by atoms with van der Waals surface area (Å²) in [5.41, 5.74) is 1.16. The van der Waals surface area contributed by atoms with Gasteiger partial charge in [-0.15, -0.1) is 0 Å². The van der Waals surface area contributed by atoms with Crippen molar-refractivity contribution in [1.82, 2.24) is 4.90 Å². The van der Waals surface area contributed by atoms with Gasteiger partial charge < -0.3 is 24.2 Å². The molecule has 7 nitrogen and oxygen atoms in total. The number of benzene rings is 2. The monoisotopic (exact) mass is 453 g/mol. The zero-order chi connectivity index (χ0) is 23.8. The second kappa shape index (κ2) is 11.5. The van der Waals surface area contributed by atoms with Crippen LogP contribution in [0.25, 0.3) is 5.76 Å². The van der Waals surface area contributed by atoms with E-state index >= 15 is 0 Å². The number of carbonyl (C=O) groups is 2. The van der Waals surface area contributed by atoms with Crippen LogP contribution in [0.3, 0.4) is 0 Å². The number of unbranched alkanes of at least 4 members (excludes halogenated alkanes) is 2. The molecule has 0 saturated carbocycles. The lowest BCUT2D eigenvalue weighted by molar-refractivity contribution is -0.140. The normalized spacial score (nSPS) is 17.4. The highest BCUT2D eigenvalue weighted by Gasteiger charge is 2.46. The quantitative estimate of drug-likeness (QED) is 0.236. The van der Waals surface area contributed by atoms with E-state index < -0.39 is 17.7 Å². The van der Waals surface area contributed by atoms with Crippen LogP contribution in [0.1, 0.15) is 43.4 Å². The Morgan fingerprint density at radius 3 is 2.42 bits per heavy atom. The standard InChI is InChI=1S/C26H31NO6/c1-4-5-6-15-33-21-9-7-8-19(17-21)23-22(25(29)26(30)27(23)14-16-31-2)24(28)18-10-12-20(32-3)13-11-18/h7-13,17,23,28H,4-6,14-16H2,1-3H3/b24-22+. The number of carbonyl (C=O) groups excluding carboxylic acids is 2. The van der Waals surface area contributed by atoms with Gasteiger partial charge in [0.05, 0.1) is 31.9 Å². The maximum Gasteiger partial charge on any atom is 0.295 e.